The first-order valence-corrected chi connectivity index (χ1v) is 16.5. The lowest BCUT2D eigenvalue weighted by Crippen LogP contribution is -2.32. The molecule has 0 aromatic heterocycles. The van der Waals surface area contributed by atoms with E-state index in [-0.39, 0.29) is 31.1 Å². The standard InChI is InChI=1S/C16H36O7P2.C9H11NO4/c1-3-5-7-9-11-13-15-21-25(20,23-24(17,18)19)22-16-14-12-10-8-6-4-2;10-6(9(13)14)3-5-1-2-7(11)8(12)4-5/h3-16H2,1-2H3,(H2,17,18,19);1-2,4,6,11-12H,3,10H2,(H,13,14)/t;6-/m.0/s1. The third kappa shape index (κ3) is 21.0. The van der Waals surface area contributed by atoms with Crippen molar-refractivity contribution in [3.8, 4) is 11.5 Å². The van der Waals surface area contributed by atoms with Gasteiger partial charge in [0.25, 0.3) is 0 Å². The van der Waals surface area contributed by atoms with Crippen molar-refractivity contribution < 1.29 is 52.4 Å². The van der Waals surface area contributed by atoms with Crippen LogP contribution >= 0.6 is 15.6 Å². The van der Waals surface area contributed by atoms with Gasteiger partial charge in [-0.05, 0) is 37.0 Å². The van der Waals surface area contributed by atoms with Gasteiger partial charge in [-0.2, -0.15) is 4.31 Å². The molecule has 12 nitrogen and oxygen atoms in total. The SMILES string of the molecule is CCCCCCCCOP(=O)(OCCCCCCCC)OP(=O)(O)O.N[C@@H](Cc1ccc(O)c(O)c1)C(=O)O. The largest absolute Gasteiger partial charge is 0.504 e. The van der Waals surface area contributed by atoms with Gasteiger partial charge in [-0.3, -0.25) is 13.8 Å². The van der Waals surface area contributed by atoms with Crippen LogP contribution in [0.25, 0.3) is 0 Å². The number of aliphatic carboxylic acids is 1. The third-order valence-electron chi connectivity index (χ3n) is 5.51. The quantitative estimate of drug-likeness (QED) is 0.0546. The molecule has 1 rings (SSSR count). The maximum atomic E-state index is 12.3. The van der Waals surface area contributed by atoms with Crippen molar-refractivity contribution in [1.29, 1.82) is 0 Å². The topological polar surface area (TPSA) is 206 Å². The minimum absolute atomic E-state index is 0.0971. The van der Waals surface area contributed by atoms with E-state index >= 15 is 0 Å². The summed E-state index contributed by atoms with van der Waals surface area (Å²) < 4.78 is 37.8. The molecular formula is C25H47NO11P2. The summed E-state index contributed by atoms with van der Waals surface area (Å²) in [5.74, 6) is -1.62. The molecule has 1 aromatic carbocycles. The summed E-state index contributed by atoms with van der Waals surface area (Å²) in [6.07, 6.45) is 12.3. The normalized spacial score (nSPS) is 12.5. The molecule has 7 N–H and O–H groups in total. The third-order valence-corrected chi connectivity index (χ3v) is 8.16. The van der Waals surface area contributed by atoms with E-state index in [1.807, 2.05) is 0 Å². The van der Waals surface area contributed by atoms with Crippen molar-refractivity contribution in [3.05, 3.63) is 23.8 Å². The number of rotatable bonds is 21. The molecule has 1 aromatic rings. The first-order chi connectivity index (χ1) is 18.3. The lowest BCUT2D eigenvalue weighted by molar-refractivity contribution is -0.138. The van der Waals surface area contributed by atoms with Gasteiger partial charge in [0.1, 0.15) is 6.04 Å². The average Bonchev–Trinajstić information content (AvgIpc) is 2.84. The zero-order chi connectivity index (χ0) is 29.7. The smallest absolute Gasteiger partial charge is 0.483 e. The molecule has 0 amide bonds. The summed E-state index contributed by atoms with van der Waals surface area (Å²) >= 11 is 0. The van der Waals surface area contributed by atoms with Crippen molar-refractivity contribution in [3.63, 3.8) is 0 Å². The molecule has 0 radical (unpaired) electrons. The molecule has 14 heteroatoms. The van der Waals surface area contributed by atoms with E-state index in [2.05, 4.69) is 18.2 Å². The molecule has 0 aliphatic heterocycles. The van der Waals surface area contributed by atoms with E-state index in [1.165, 1.54) is 31.0 Å². The Labute approximate surface area is 231 Å². The van der Waals surface area contributed by atoms with Gasteiger partial charge >= 0.3 is 21.6 Å². The highest BCUT2D eigenvalue weighted by molar-refractivity contribution is 7.61. The van der Waals surface area contributed by atoms with Crippen LogP contribution in [0.4, 0.5) is 0 Å². The Morgan fingerprint density at radius 3 is 1.69 bits per heavy atom. The molecule has 1 atom stereocenters. The predicted molar refractivity (Wildman–Crippen MR) is 148 cm³/mol. The lowest BCUT2D eigenvalue weighted by atomic mass is 10.1. The zero-order valence-electron chi connectivity index (χ0n) is 23.1. The molecule has 0 aliphatic carbocycles. The summed E-state index contributed by atoms with van der Waals surface area (Å²) in [6, 6.07) is 3.09. The second kappa shape index (κ2) is 21.3. The Balaban J connectivity index is 0.000000864. The number of phenols is 2. The Hall–Kier alpha value is -1.49. The zero-order valence-corrected chi connectivity index (χ0v) is 24.9. The molecule has 0 aliphatic rings. The fraction of sp³-hybridized carbons (Fsp3) is 0.720. The van der Waals surface area contributed by atoms with Gasteiger partial charge in [0.2, 0.25) is 0 Å². The Morgan fingerprint density at radius 1 is 0.821 bits per heavy atom. The van der Waals surface area contributed by atoms with Crippen LogP contribution in [0.15, 0.2) is 18.2 Å². The summed E-state index contributed by atoms with van der Waals surface area (Å²) in [7, 11) is -9.17. The van der Waals surface area contributed by atoms with Gasteiger partial charge in [-0.1, -0.05) is 84.1 Å². The molecule has 39 heavy (non-hydrogen) atoms. The highest BCUT2D eigenvalue weighted by Gasteiger charge is 2.35. The summed E-state index contributed by atoms with van der Waals surface area (Å²) in [5, 5.41) is 26.6. The van der Waals surface area contributed by atoms with Crippen molar-refractivity contribution in [1.82, 2.24) is 0 Å². The Morgan fingerprint density at radius 2 is 1.28 bits per heavy atom. The Kier molecular flexibility index (Phi) is 20.5. The fourth-order valence-corrected chi connectivity index (χ4v) is 5.57. The van der Waals surface area contributed by atoms with Gasteiger partial charge in [0.05, 0.1) is 13.2 Å². The number of phosphoric acid groups is 2. The molecule has 0 unspecified atom stereocenters. The number of hydrogen-bond acceptors (Lipinski definition) is 9. The van der Waals surface area contributed by atoms with Crippen molar-refractivity contribution in [2.24, 2.45) is 5.73 Å². The number of phosphoric ester groups is 1. The van der Waals surface area contributed by atoms with Crippen molar-refractivity contribution in [2.45, 2.75) is 103 Å². The minimum atomic E-state index is -4.94. The van der Waals surface area contributed by atoms with Crippen LogP contribution in [0, 0.1) is 0 Å². The predicted octanol–water partition coefficient (Wildman–Crippen LogP) is 6.01. The van der Waals surface area contributed by atoms with Gasteiger partial charge < -0.3 is 30.8 Å². The average molecular weight is 600 g/mol. The van der Waals surface area contributed by atoms with E-state index in [0.717, 1.165) is 51.4 Å². The van der Waals surface area contributed by atoms with Gasteiger partial charge in [-0.15, -0.1) is 0 Å². The monoisotopic (exact) mass is 599 g/mol. The highest BCUT2D eigenvalue weighted by Crippen LogP contribution is 2.61. The van der Waals surface area contributed by atoms with Crippen LogP contribution in [0.3, 0.4) is 0 Å². The highest BCUT2D eigenvalue weighted by atomic mass is 31.3. The number of carboxylic acid groups (broad SMARTS) is 1. The number of hydrogen-bond donors (Lipinski definition) is 6. The van der Waals surface area contributed by atoms with Crippen LogP contribution in [-0.2, 0) is 33.7 Å². The van der Waals surface area contributed by atoms with Crippen LogP contribution in [0.1, 0.15) is 96.5 Å². The molecule has 0 saturated heterocycles. The van der Waals surface area contributed by atoms with Gasteiger partial charge in [0, 0.05) is 0 Å². The number of carboxylic acids is 1. The molecule has 0 heterocycles. The minimum Gasteiger partial charge on any atom is -0.504 e. The lowest BCUT2D eigenvalue weighted by Gasteiger charge is -2.18. The molecule has 0 saturated carbocycles. The molecular weight excluding hydrogens is 552 g/mol. The molecule has 0 bridgehead atoms. The molecule has 228 valence electrons. The Bertz CT molecular complexity index is 873. The summed E-state index contributed by atoms with van der Waals surface area (Å²) in [6.45, 7) is 4.47. The fourth-order valence-electron chi connectivity index (χ4n) is 3.37. The number of nitrogens with two attached hydrogens (primary N) is 1. The first kappa shape index (κ1) is 37.5. The van der Waals surface area contributed by atoms with E-state index in [4.69, 9.17) is 39.9 Å². The maximum Gasteiger partial charge on any atom is 0.483 e. The van der Waals surface area contributed by atoms with Gasteiger partial charge in [0.15, 0.2) is 11.5 Å². The van der Waals surface area contributed by atoms with E-state index in [1.54, 1.807) is 0 Å². The van der Waals surface area contributed by atoms with E-state index in [0.29, 0.717) is 18.4 Å². The molecule has 0 fully saturated rings. The van der Waals surface area contributed by atoms with Crippen molar-refractivity contribution in [2.75, 3.05) is 13.2 Å². The van der Waals surface area contributed by atoms with Crippen LogP contribution in [0.2, 0.25) is 0 Å². The first-order valence-electron chi connectivity index (χ1n) is 13.5. The number of unbranched alkanes of at least 4 members (excludes halogenated alkanes) is 10. The van der Waals surface area contributed by atoms with E-state index < -0.39 is 27.7 Å². The summed E-state index contributed by atoms with van der Waals surface area (Å²) in [5.41, 5.74) is 5.86. The number of benzene rings is 1. The summed E-state index contributed by atoms with van der Waals surface area (Å²) in [4.78, 5) is 28.2. The molecule has 0 spiro atoms. The maximum absolute atomic E-state index is 12.3. The number of aromatic hydroxyl groups is 2. The second-order valence-electron chi connectivity index (χ2n) is 9.19. The second-order valence-corrected chi connectivity index (χ2v) is 12.2. The van der Waals surface area contributed by atoms with Crippen molar-refractivity contribution >= 4 is 21.6 Å². The van der Waals surface area contributed by atoms with Crippen LogP contribution in [0.5, 0.6) is 11.5 Å². The van der Waals surface area contributed by atoms with Gasteiger partial charge in [-0.25, -0.2) is 9.13 Å². The van der Waals surface area contributed by atoms with Crippen LogP contribution < -0.4 is 5.73 Å². The number of phenolic OH excluding ortho intramolecular Hbond substituents is 2. The number of carbonyl (C=O) groups is 1. The van der Waals surface area contributed by atoms with E-state index in [9.17, 15) is 13.9 Å². The van der Waals surface area contributed by atoms with Crippen LogP contribution in [-0.4, -0.2) is 50.3 Å².